The molecule has 1 rings (SSSR count). The van der Waals surface area contributed by atoms with Crippen LogP contribution >= 0.6 is 24.0 Å². The predicted molar refractivity (Wildman–Crippen MR) is 117 cm³/mol. The Hall–Kier alpha value is -0.290. The molecule has 2 atom stereocenters. The quantitative estimate of drug-likeness (QED) is 0.286. The molecule has 0 bridgehead atoms. The van der Waals surface area contributed by atoms with Crippen LogP contribution in [0.15, 0.2) is 4.99 Å². The molecule has 9 heteroatoms. The average Bonchev–Trinajstić information content (AvgIpc) is 2.96. The van der Waals surface area contributed by atoms with Crippen molar-refractivity contribution in [1.82, 2.24) is 20.4 Å². The fourth-order valence-electron chi connectivity index (χ4n) is 3.61. The lowest BCUT2D eigenvalue weighted by molar-refractivity contribution is -0.143. The van der Waals surface area contributed by atoms with E-state index in [1.807, 2.05) is 6.92 Å². The molecule has 0 aromatic carbocycles. The monoisotopic (exact) mass is 507 g/mol. The predicted octanol–water partition coefficient (Wildman–Crippen LogP) is 3.16. The molecule has 0 aromatic heterocycles. The summed E-state index contributed by atoms with van der Waals surface area (Å²) in [7, 11) is 4.15. The van der Waals surface area contributed by atoms with Gasteiger partial charge in [-0.2, -0.15) is 13.2 Å². The van der Waals surface area contributed by atoms with E-state index in [-0.39, 0.29) is 30.0 Å². The Kier molecular flexibility index (Phi) is 12.9. The van der Waals surface area contributed by atoms with Gasteiger partial charge in [0.1, 0.15) is 0 Å². The van der Waals surface area contributed by atoms with Crippen molar-refractivity contribution in [2.24, 2.45) is 10.9 Å². The maximum Gasteiger partial charge on any atom is 0.401 e. The molecule has 0 spiro atoms. The van der Waals surface area contributed by atoms with Crippen LogP contribution in [0.4, 0.5) is 13.2 Å². The lowest BCUT2D eigenvalue weighted by Gasteiger charge is -2.30. The van der Waals surface area contributed by atoms with Gasteiger partial charge in [0.2, 0.25) is 0 Å². The summed E-state index contributed by atoms with van der Waals surface area (Å²) in [5.74, 6) is 1.27. The molecule has 5 nitrogen and oxygen atoms in total. The Bertz CT molecular complexity index is 428. The van der Waals surface area contributed by atoms with Crippen molar-refractivity contribution in [2.45, 2.75) is 58.3 Å². The Morgan fingerprint density at radius 1 is 1.22 bits per heavy atom. The normalized spacial score (nSPS) is 20.1. The second-order valence-electron chi connectivity index (χ2n) is 7.31. The molecule has 0 aromatic rings. The molecule has 2 N–H and O–H groups in total. The molecule has 0 radical (unpaired) electrons. The van der Waals surface area contributed by atoms with E-state index in [2.05, 4.69) is 43.5 Å². The van der Waals surface area contributed by atoms with Crippen molar-refractivity contribution in [3.63, 3.8) is 0 Å². The second-order valence-corrected chi connectivity index (χ2v) is 7.31. The van der Waals surface area contributed by atoms with Crippen LogP contribution in [-0.2, 0) is 0 Å². The minimum Gasteiger partial charge on any atom is -0.357 e. The topological polar surface area (TPSA) is 42.9 Å². The summed E-state index contributed by atoms with van der Waals surface area (Å²) in [4.78, 5) is 8.39. The van der Waals surface area contributed by atoms with Crippen molar-refractivity contribution in [1.29, 1.82) is 0 Å². The van der Waals surface area contributed by atoms with Crippen LogP contribution in [0.3, 0.4) is 0 Å². The molecule has 2 unspecified atom stereocenters. The lowest BCUT2D eigenvalue weighted by Crippen LogP contribution is -2.46. The number of nitrogens with one attached hydrogen (secondary N) is 2. The fourth-order valence-corrected chi connectivity index (χ4v) is 3.61. The summed E-state index contributed by atoms with van der Waals surface area (Å²) < 4.78 is 37.6. The number of hydrogen-bond acceptors (Lipinski definition) is 3. The Labute approximate surface area is 179 Å². The first-order chi connectivity index (χ1) is 12.2. The summed E-state index contributed by atoms with van der Waals surface area (Å²) in [6.07, 6.45) is -1.23. The van der Waals surface area contributed by atoms with Gasteiger partial charge in [0.25, 0.3) is 0 Å². The van der Waals surface area contributed by atoms with Crippen molar-refractivity contribution < 1.29 is 13.2 Å². The summed E-state index contributed by atoms with van der Waals surface area (Å²) in [5, 5.41) is 6.53. The zero-order chi connectivity index (χ0) is 19.7. The number of nitrogens with zero attached hydrogens (tertiary/aromatic N) is 3. The van der Waals surface area contributed by atoms with E-state index in [1.54, 1.807) is 0 Å². The van der Waals surface area contributed by atoms with Gasteiger partial charge in [0.15, 0.2) is 5.96 Å². The Morgan fingerprint density at radius 2 is 1.85 bits per heavy atom. The Morgan fingerprint density at radius 3 is 2.33 bits per heavy atom. The third-order valence-corrected chi connectivity index (χ3v) is 5.05. The standard InChI is InChI=1S/C18H36F3N5.HI/c1-6-14(7-2)16(25(4)5)11-23-17(22-8-3)24-15-9-10-26(12-15)13-18(19,20)21;/h14-16H,6-13H2,1-5H3,(H2,22,23,24);1H. The maximum absolute atomic E-state index is 12.5. The van der Waals surface area contributed by atoms with Crippen LogP contribution < -0.4 is 10.6 Å². The van der Waals surface area contributed by atoms with E-state index in [1.165, 1.54) is 4.90 Å². The average molecular weight is 507 g/mol. The molecule has 27 heavy (non-hydrogen) atoms. The zero-order valence-electron chi connectivity index (χ0n) is 17.3. The molecular formula is C18H37F3IN5. The van der Waals surface area contributed by atoms with Gasteiger partial charge < -0.3 is 15.5 Å². The van der Waals surface area contributed by atoms with Crippen molar-refractivity contribution in [2.75, 3.05) is 46.8 Å². The summed E-state index contributed by atoms with van der Waals surface area (Å²) >= 11 is 0. The summed E-state index contributed by atoms with van der Waals surface area (Å²) in [6, 6.07) is 0.354. The Balaban J connectivity index is 0.00000676. The van der Waals surface area contributed by atoms with Gasteiger partial charge in [0.05, 0.1) is 13.1 Å². The number of aliphatic imine (C=N–C) groups is 1. The van der Waals surface area contributed by atoms with Gasteiger partial charge >= 0.3 is 6.18 Å². The highest BCUT2D eigenvalue weighted by Gasteiger charge is 2.34. The van der Waals surface area contributed by atoms with Gasteiger partial charge in [-0.3, -0.25) is 9.89 Å². The summed E-state index contributed by atoms with van der Waals surface area (Å²) in [6.45, 7) is 7.81. The van der Waals surface area contributed by atoms with Gasteiger partial charge in [0, 0.05) is 31.7 Å². The van der Waals surface area contributed by atoms with E-state index in [9.17, 15) is 13.2 Å². The number of likely N-dealkylation sites (N-methyl/N-ethyl adjacent to an activating group) is 1. The molecule has 1 aliphatic heterocycles. The van der Waals surface area contributed by atoms with Crippen LogP contribution in [0.25, 0.3) is 0 Å². The molecule has 1 heterocycles. The van der Waals surface area contributed by atoms with Gasteiger partial charge in [-0.25, -0.2) is 0 Å². The molecule has 0 aliphatic carbocycles. The van der Waals surface area contributed by atoms with Gasteiger partial charge in [-0.15, -0.1) is 24.0 Å². The molecule has 1 saturated heterocycles. The minimum absolute atomic E-state index is 0. The molecule has 1 fully saturated rings. The van der Waals surface area contributed by atoms with Crippen molar-refractivity contribution in [3.05, 3.63) is 0 Å². The van der Waals surface area contributed by atoms with Crippen LogP contribution in [0, 0.1) is 5.92 Å². The van der Waals surface area contributed by atoms with E-state index in [4.69, 9.17) is 4.99 Å². The number of guanidine groups is 1. The number of halogens is 4. The minimum atomic E-state index is -4.14. The molecule has 1 aliphatic rings. The molecule has 0 saturated carbocycles. The number of rotatable bonds is 9. The third kappa shape index (κ3) is 10.2. The number of hydrogen-bond donors (Lipinski definition) is 2. The lowest BCUT2D eigenvalue weighted by atomic mass is 9.93. The van der Waals surface area contributed by atoms with Crippen LogP contribution in [0.2, 0.25) is 0 Å². The largest absolute Gasteiger partial charge is 0.401 e. The third-order valence-electron chi connectivity index (χ3n) is 5.05. The van der Waals surface area contributed by atoms with Crippen LogP contribution in [-0.4, -0.2) is 80.8 Å². The number of alkyl halides is 3. The SMILES string of the molecule is CCNC(=NCC(C(CC)CC)N(C)C)NC1CCN(CC(F)(F)F)C1.I. The highest BCUT2D eigenvalue weighted by atomic mass is 127. The second kappa shape index (κ2) is 13.0. The zero-order valence-corrected chi connectivity index (χ0v) is 19.6. The van der Waals surface area contributed by atoms with Crippen LogP contribution in [0.5, 0.6) is 0 Å². The molecular weight excluding hydrogens is 470 g/mol. The number of likely N-dealkylation sites (tertiary alicyclic amines) is 1. The van der Waals surface area contributed by atoms with Crippen LogP contribution in [0.1, 0.15) is 40.0 Å². The van der Waals surface area contributed by atoms with Crippen molar-refractivity contribution >= 4 is 29.9 Å². The van der Waals surface area contributed by atoms with Crippen molar-refractivity contribution in [3.8, 4) is 0 Å². The highest BCUT2D eigenvalue weighted by molar-refractivity contribution is 14.0. The van der Waals surface area contributed by atoms with E-state index in [0.717, 1.165) is 19.4 Å². The first kappa shape index (κ1) is 26.7. The van der Waals surface area contributed by atoms with E-state index < -0.39 is 12.7 Å². The highest BCUT2D eigenvalue weighted by Crippen LogP contribution is 2.20. The first-order valence-electron chi connectivity index (χ1n) is 9.70. The maximum atomic E-state index is 12.5. The summed E-state index contributed by atoms with van der Waals surface area (Å²) in [5.41, 5.74) is 0. The molecule has 162 valence electrons. The molecule has 0 amide bonds. The van der Waals surface area contributed by atoms with E-state index >= 15 is 0 Å². The first-order valence-corrected chi connectivity index (χ1v) is 9.70. The van der Waals surface area contributed by atoms with E-state index in [0.29, 0.717) is 44.0 Å². The van der Waals surface area contributed by atoms with Gasteiger partial charge in [-0.1, -0.05) is 26.7 Å². The fraction of sp³-hybridized carbons (Fsp3) is 0.944. The smallest absolute Gasteiger partial charge is 0.357 e. The van der Waals surface area contributed by atoms with Gasteiger partial charge in [-0.05, 0) is 33.4 Å².